The standard InChI is InChI=1S/C19H21N5O6/c1-3-28-17(26)10-5-7-11(8-6-10)21-13(18(27)29-4-2)12-9-30-16-14(22-12)15(25)23-19(20)24-16/h5-8,21-22H,3-4,9H2,1-2H3,(H3,20,23,24,25)/b13-12-. The van der Waals surface area contributed by atoms with Crippen molar-refractivity contribution in [3.63, 3.8) is 0 Å². The molecule has 3 rings (SSSR count). The van der Waals surface area contributed by atoms with Gasteiger partial charge in [-0.2, -0.15) is 4.98 Å². The number of anilines is 3. The highest BCUT2D eigenvalue weighted by atomic mass is 16.5. The third-order valence-electron chi connectivity index (χ3n) is 3.98. The normalized spacial score (nSPS) is 13.9. The van der Waals surface area contributed by atoms with E-state index in [0.29, 0.717) is 11.3 Å². The number of nitrogen functional groups attached to an aromatic ring is 1. The maximum absolute atomic E-state index is 12.5. The molecule has 2 aromatic rings. The lowest BCUT2D eigenvalue weighted by molar-refractivity contribution is -0.138. The third-order valence-corrected chi connectivity index (χ3v) is 3.98. The molecular formula is C19H21N5O6. The Labute approximate surface area is 171 Å². The van der Waals surface area contributed by atoms with E-state index >= 15 is 0 Å². The molecule has 158 valence electrons. The quantitative estimate of drug-likeness (QED) is 0.399. The molecule has 11 nitrogen and oxygen atoms in total. The monoisotopic (exact) mass is 415 g/mol. The molecular weight excluding hydrogens is 394 g/mol. The predicted molar refractivity (Wildman–Crippen MR) is 108 cm³/mol. The zero-order chi connectivity index (χ0) is 21.7. The molecule has 0 spiro atoms. The number of nitrogens with zero attached hydrogens (tertiary/aromatic N) is 1. The van der Waals surface area contributed by atoms with E-state index in [9.17, 15) is 14.4 Å². The highest BCUT2D eigenvalue weighted by molar-refractivity contribution is 5.94. The van der Waals surface area contributed by atoms with Gasteiger partial charge in [0.2, 0.25) is 11.8 Å². The largest absolute Gasteiger partial charge is 0.469 e. The van der Waals surface area contributed by atoms with Crippen LogP contribution in [-0.4, -0.2) is 41.7 Å². The molecule has 0 fully saturated rings. The van der Waals surface area contributed by atoms with Crippen LogP contribution in [0.1, 0.15) is 24.2 Å². The molecule has 0 unspecified atom stereocenters. The minimum Gasteiger partial charge on any atom is -0.469 e. The first-order chi connectivity index (χ1) is 14.4. The molecule has 30 heavy (non-hydrogen) atoms. The summed E-state index contributed by atoms with van der Waals surface area (Å²) < 4.78 is 15.5. The van der Waals surface area contributed by atoms with Gasteiger partial charge in [0.15, 0.2) is 5.69 Å². The second-order valence-corrected chi connectivity index (χ2v) is 6.04. The molecule has 11 heteroatoms. The van der Waals surface area contributed by atoms with Crippen molar-refractivity contribution in [1.29, 1.82) is 0 Å². The number of aromatic nitrogens is 2. The summed E-state index contributed by atoms with van der Waals surface area (Å²) in [5.41, 5.74) is 6.18. The number of H-pyrrole nitrogens is 1. The summed E-state index contributed by atoms with van der Waals surface area (Å²) in [4.78, 5) is 42.7. The van der Waals surface area contributed by atoms with E-state index in [4.69, 9.17) is 19.9 Å². The summed E-state index contributed by atoms with van der Waals surface area (Å²) >= 11 is 0. The molecule has 0 saturated carbocycles. The van der Waals surface area contributed by atoms with Crippen LogP contribution in [0.5, 0.6) is 5.88 Å². The second kappa shape index (κ2) is 8.99. The smallest absolute Gasteiger partial charge is 0.356 e. The summed E-state index contributed by atoms with van der Waals surface area (Å²) in [5.74, 6) is -1.15. The molecule has 0 atom stereocenters. The summed E-state index contributed by atoms with van der Waals surface area (Å²) in [6.45, 7) is 3.73. The fourth-order valence-corrected chi connectivity index (χ4v) is 2.65. The van der Waals surface area contributed by atoms with E-state index in [1.807, 2.05) is 0 Å². The number of hydrogen-bond donors (Lipinski definition) is 4. The number of nitrogens with two attached hydrogens (primary N) is 1. The summed E-state index contributed by atoms with van der Waals surface area (Å²) in [6.07, 6.45) is 0. The minimum atomic E-state index is -0.652. The predicted octanol–water partition coefficient (Wildman–Crippen LogP) is 1.22. The number of carbonyl (C=O) groups is 2. The van der Waals surface area contributed by atoms with Crippen LogP contribution in [-0.2, 0) is 14.3 Å². The van der Waals surface area contributed by atoms with Gasteiger partial charge in [0.1, 0.15) is 12.3 Å². The number of carbonyl (C=O) groups excluding carboxylic acids is 2. The Morgan fingerprint density at radius 3 is 2.57 bits per heavy atom. The molecule has 0 aliphatic carbocycles. The molecule has 1 aliphatic heterocycles. The Kier molecular flexibility index (Phi) is 6.20. The summed E-state index contributed by atoms with van der Waals surface area (Å²) in [7, 11) is 0. The molecule has 0 bridgehead atoms. The van der Waals surface area contributed by atoms with Crippen LogP contribution in [0.4, 0.5) is 17.3 Å². The zero-order valence-electron chi connectivity index (χ0n) is 16.4. The van der Waals surface area contributed by atoms with Crippen LogP contribution < -0.4 is 26.7 Å². The summed E-state index contributed by atoms with van der Waals surface area (Å²) in [5, 5.41) is 5.80. The molecule has 1 aliphatic rings. The molecule has 0 amide bonds. The van der Waals surface area contributed by atoms with E-state index < -0.39 is 17.5 Å². The second-order valence-electron chi connectivity index (χ2n) is 6.04. The Bertz CT molecular complexity index is 1040. The fraction of sp³-hybridized carbons (Fsp3) is 0.263. The van der Waals surface area contributed by atoms with E-state index in [-0.39, 0.29) is 48.7 Å². The van der Waals surface area contributed by atoms with Gasteiger partial charge in [-0.05, 0) is 38.1 Å². The number of ether oxygens (including phenoxy) is 3. The number of rotatable bonds is 6. The fourth-order valence-electron chi connectivity index (χ4n) is 2.65. The number of aromatic amines is 1. The zero-order valence-corrected chi connectivity index (χ0v) is 16.4. The van der Waals surface area contributed by atoms with Crippen LogP contribution in [0.25, 0.3) is 0 Å². The lowest BCUT2D eigenvalue weighted by Crippen LogP contribution is -2.30. The van der Waals surface area contributed by atoms with Crippen molar-refractivity contribution in [2.45, 2.75) is 13.8 Å². The highest BCUT2D eigenvalue weighted by Crippen LogP contribution is 2.26. The van der Waals surface area contributed by atoms with E-state index in [0.717, 1.165) is 0 Å². The van der Waals surface area contributed by atoms with Crippen LogP contribution in [0, 0.1) is 0 Å². The van der Waals surface area contributed by atoms with Crippen molar-refractivity contribution in [2.24, 2.45) is 0 Å². The van der Waals surface area contributed by atoms with Gasteiger partial charge in [0.05, 0.1) is 24.5 Å². The van der Waals surface area contributed by atoms with Crippen LogP contribution >= 0.6 is 0 Å². The van der Waals surface area contributed by atoms with E-state index in [2.05, 4.69) is 20.6 Å². The van der Waals surface area contributed by atoms with Gasteiger partial charge in [-0.15, -0.1) is 0 Å². The first kappa shape index (κ1) is 20.7. The van der Waals surface area contributed by atoms with Gasteiger partial charge >= 0.3 is 11.9 Å². The first-order valence-electron chi connectivity index (χ1n) is 9.17. The molecule has 1 aromatic carbocycles. The third kappa shape index (κ3) is 4.51. The van der Waals surface area contributed by atoms with Crippen LogP contribution in [0.2, 0.25) is 0 Å². The van der Waals surface area contributed by atoms with Gasteiger partial charge in [-0.25, -0.2) is 9.59 Å². The number of nitrogens with one attached hydrogen (secondary N) is 3. The van der Waals surface area contributed by atoms with Crippen LogP contribution in [0.15, 0.2) is 40.5 Å². The van der Waals surface area contributed by atoms with E-state index in [1.54, 1.807) is 38.1 Å². The SMILES string of the molecule is CCOC(=O)/C(Nc1ccc(C(=O)OCC)cc1)=C1\COc2nc(N)[nH]c(=O)c2N1. The molecule has 0 saturated heterocycles. The number of benzene rings is 1. The van der Waals surface area contributed by atoms with Gasteiger partial charge < -0.3 is 30.6 Å². The number of hydrogen-bond acceptors (Lipinski definition) is 10. The average molecular weight is 415 g/mol. The first-order valence-corrected chi connectivity index (χ1v) is 9.17. The maximum Gasteiger partial charge on any atom is 0.356 e. The van der Waals surface area contributed by atoms with Gasteiger partial charge in [0, 0.05) is 5.69 Å². The lowest BCUT2D eigenvalue weighted by atomic mass is 10.2. The Morgan fingerprint density at radius 2 is 1.90 bits per heavy atom. The topological polar surface area (TPSA) is 158 Å². The van der Waals surface area contributed by atoms with Crippen molar-refractivity contribution in [1.82, 2.24) is 9.97 Å². The van der Waals surface area contributed by atoms with E-state index in [1.165, 1.54) is 0 Å². The number of esters is 2. The van der Waals surface area contributed by atoms with Gasteiger partial charge in [-0.1, -0.05) is 0 Å². The molecule has 2 heterocycles. The van der Waals surface area contributed by atoms with Gasteiger partial charge in [0.25, 0.3) is 5.56 Å². The van der Waals surface area contributed by atoms with Crippen molar-refractivity contribution >= 4 is 29.3 Å². The van der Waals surface area contributed by atoms with Crippen molar-refractivity contribution < 1.29 is 23.8 Å². The lowest BCUT2D eigenvalue weighted by Gasteiger charge is -2.23. The average Bonchev–Trinajstić information content (AvgIpc) is 2.72. The summed E-state index contributed by atoms with van der Waals surface area (Å²) in [6, 6.07) is 6.34. The van der Waals surface area contributed by atoms with Gasteiger partial charge in [-0.3, -0.25) is 9.78 Å². The minimum absolute atomic E-state index is 0.0201. The molecule has 0 radical (unpaired) electrons. The Morgan fingerprint density at radius 1 is 1.20 bits per heavy atom. The Hall–Kier alpha value is -4.02. The maximum atomic E-state index is 12.5. The molecule has 1 aromatic heterocycles. The van der Waals surface area contributed by atoms with Crippen molar-refractivity contribution in [3.8, 4) is 5.88 Å². The van der Waals surface area contributed by atoms with Crippen LogP contribution in [0.3, 0.4) is 0 Å². The molecule has 5 N–H and O–H groups in total. The van der Waals surface area contributed by atoms with Crippen molar-refractivity contribution in [2.75, 3.05) is 36.2 Å². The number of fused-ring (bicyclic) bond motifs is 1. The van der Waals surface area contributed by atoms with Crippen molar-refractivity contribution in [3.05, 3.63) is 51.6 Å². The highest BCUT2D eigenvalue weighted by Gasteiger charge is 2.25. The Balaban J connectivity index is 1.91.